The molecule has 0 aromatic carbocycles. The highest BCUT2D eigenvalue weighted by molar-refractivity contribution is 5.75. The van der Waals surface area contributed by atoms with E-state index in [-0.39, 0.29) is 12.0 Å². The lowest BCUT2D eigenvalue weighted by Gasteiger charge is -2.21. The topological polar surface area (TPSA) is 72.5 Å². The molecule has 4 heteroatoms. The van der Waals surface area contributed by atoms with Crippen molar-refractivity contribution in [1.82, 2.24) is 0 Å². The first kappa shape index (κ1) is 12.4. The number of nitrogens with two attached hydrogens (primary N) is 1. The summed E-state index contributed by atoms with van der Waals surface area (Å²) in [5.41, 5.74) is 5.59. The number of ether oxygens (including phenoxy) is 1. The SMILES string of the molecule is CC(C)OC(=O)[C@@H](O)C(N)C(C)C. The third kappa shape index (κ3) is 4.24. The second-order valence-corrected chi connectivity index (χ2v) is 3.75. The molecule has 2 atom stereocenters. The first-order chi connectivity index (χ1) is 5.86. The number of hydrogen-bond donors (Lipinski definition) is 2. The van der Waals surface area contributed by atoms with E-state index in [9.17, 15) is 9.90 Å². The Labute approximate surface area is 79.1 Å². The van der Waals surface area contributed by atoms with Gasteiger partial charge in [-0.25, -0.2) is 4.79 Å². The minimum absolute atomic E-state index is 0.0507. The van der Waals surface area contributed by atoms with Crippen LogP contribution in [0.25, 0.3) is 0 Å². The summed E-state index contributed by atoms with van der Waals surface area (Å²) >= 11 is 0. The summed E-state index contributed by atoms with van der Waals surface area (Å²) in [5.74, 6) is -0.592. The summed E-state index contributed by atoms with van der Waals surface area (Å²) in [4.78, 5) is 11.1. The van der Waals surface area contributed by atoms with Gasteiger partial charge in [0.15, 0.2) is 6.10 Å². The number of esters is 1. The molecule has 0 spiro atoms. The molecule has 1 unspecified atom stereocenters. The molecular formula is C9H19NO3. The summed E-state index contributed by atoms with van der Waals surface area (Å²) in [6.45, 7) is 7.14. The van der Waals surface area contributed by atoms with Crippen LogP contribution in [-0.4, -0.2) is 29.3 Å². The summed E-state index contributed by atoms with van der Waals surface area (Å²) in [7, 11) is 0. The van der Waals surface area contributed by atoms with Crippen molar-refractivity contribution >= 4 is 5.97 Å². The van der Waals surface area contributed by atoms with Gasteiger partial charge in [-0.3, -0.25) is 0 Å². The number of carbonyl (C=O) groups excluding carboxylic acids is 1. The molecular weight excluding hydrogens is 170 g/mol. The van der Waals surface area contributed by atoms with Gasteiger partial charge in [-0.1, -0.05) is 13.8 Å². The zero-order valence-electron chi connectivity index (χ0n) is 8.65. The monoisotopic (exact) mass is 189 g/mol. The Hall–Kier alpha value is -0.610. The highest BCUT2D eigenvalue weighted by atomic mass is 16.6. The molecule has 0 saturated heterocycles. The van der Waals surface area contributed by atoms with E-state index in [0.29, 0.717) is 0 Å². The first-order valence-electron chi connectivity index (χ1n) is 4.50. The van der Waals surface area contributed by atoms with E-state index < -0.39 is 18.1 Å². The molecule has 0 radical (unpaired) electrons. The van der Waals surface area contributed by atoms with Crippen molar-refractivity contribution < 1.29 is 14.6 Å². The standard InChI is InChI=1S/C9H19NO3/c1-5(2)7(10)8(11)9(12)13-6(3)4/h5-8,11H,10H2,1-4H3/t7?,8-/m0/s1. The molecule has 0 amide bonds. The van der Waals surface area contributed by atoms with Crippen LogP contribution in [0.1, 0.15) is 27.7 Å². The van der Waals surface area contributed by atoms with Crippen LogP contribution in [0.2, 0.25) is 0 Å². The van der Waals surface area contributed by atoms with E-state index in [1.807, 2.05) is 13.8 Å². The Kier molecular flexibility index (Phi) is 4.95. The van der Waals surface area contributed by atoms with Crippen LogP contribution in [0.4, 0.5) is 0 Å². The van der Waals surface area contributed by atoms with Crippen LogP contribution < -0.4 is 5.73 Å². The lowest BCUT2D eigenvalue weighted by Crippen LogP contribution is -2.45. The number of aliphatic hydroxyl groups excluding tert-OH is 1. The minimum atomic E-state index is -1.22. The molecule has 4 nitrogen and oxygen atoms in total. The molecule has 0 rings (SSSR count). The predicted octanol–water partition coefficient (Wildman–Crippen LogP) is 0.282. The molecule has 0 aliphatic rings. The first-order valence-corrected chi connectivity index (χ1v) is 4.50. The fourth-order valence-corrected chi connectivity index (χ4v) is 0.824. The lowest BCUT2D eigenvalue weighted by molar-refractivity contribution is -0.159. The highest BCUT2D eigenvalue weighted by Gasteiger charge is 2.27. The summed E-state index contributed by atoms with van der Waals surface area (Å²) in [6, 6.07) is -0.564. The van der Waals surface area contributed by atoms with Gasteiger partial charge in [0.2, 0.25) is 0 Å². The highest BCUT2D eigenvalue weighted by Crippen LogP contribution is 2.06. The molecule has 0 aromatic rings. The van der Waals surface area contributed by atoms with E-state index >= 15 is 0 Å². The molecule has 0 aliphatic heterocycles. The van der Waals surface area contributed by atoms with Crippen molar-refractivity contribution in [1.29, 1.82) is 0 Å². The van der Waals surface area contributed by atoms with Crippen LogP contribution >= 0.6 is 0 Å². The van der Waals surface area contributed by atoms with Gasteiger partial charge in [0.05, 0.1) is 6.10 Å². The van der Waals surface area contributed by atoms with Gasteiger partial charge >= 0.3 is 5.97 Å². The molecule has 0 heterocycles. The summed E-state index contributed by atoms with van der Waals surface area (Å²) < 4.78 is 4.81. The maximum atomic E-state index is 11.1. The molecule has 0 fully saturated rings. The van der Waals surface area contributed by atoms with Gasteiger partial charge in [0.1, 0.15) is 0 Å². The maximum absolute atomic E-state index is 11.1. The maximum Gasteiger partial charge on any atom is 0.336 e. The van der Waals surface area contributed by atoms with E-state index in [1.54, 1.807) is 13.8 Å². The summed E-state index contributed by atoms with van der Waals surface area (Å²) in [6.07, 6.45) is -1.44. The largest absolute Gasteiger partial charge is 0.461 e. The lowest BCUT2D eigenvalue weighted by atomic mass is 10.00. The molecule has 78 valence electrons. The van der Waals surface area contributed by atoms with Crippen molar-refractivity contribution in [3.63, 3.8) is 0 Å². The van der Waals surface area contributed by atoms with Gasteiger partial charge in [0.25, 0.3) is 0 Å². The van der Waals surface area contributed by atoms with E-state index in [4.69, 9.17) is 10.5 Å². The normalized spacial score (nSPS) is 16.0. The minimum Gasteiger partial charge on any atom is -0.461 e. The van der Waals surface area contributed by atoms with Crippen LogP contribution in [-0.2, 0) is 9.53 Å². The Morgan fingerprint density at radius 2 is 1.77 bits per heavy atom. The van der Waals surface area contributed by atoms with Gasteiger partial charge in [0, 0.05) is 6.04 Å². The van der Waals surface area contributed by atoms with Gasteiger partial charge in [-0.15, -0.1) is 0 Å². The zero-order valence-corrected chi connectivity index (χ0v) is 8.65. The van der Waals surface area contributed by atoms with Gasteiger partial charge < -0.3 is 15.6 Å². The number of carbonyl (C=O) groups is 1. The van der Waals surface area contributed by atoms with Gasteiger partial charge in [-0.05, 0) is 19.8 Å². The number of aliphatic hydroxyl groups is 1. The number of rotatable bonds is 4. The van der Waals surface area contributed by atoms with Crippen LogP contribution in [0.3, 0.4) is 0 Å². The fraction of sp³-hybridized carbons (Fsp3) is 0.889. The van der Waals surface area contributed by atoms with Crippen molar-refractivity contribution in [2.45, 2.75) is 45.9 Å². The van der Waals surface area contributed by atoms with E-state index in [0.717, 1.165) is 0 Å². The van der Waals surface area contributed by atoms with Crippen LogP contribution in [0.15, 0.2) is 0 Å². The Morgan fingerprint density at radius 1 is 1.31 bits per heavy atom. The molecule has 0 bridgehead atoms. The predicted molar refractivity (Wildman–Crippen MR) is 50.0 cm³/mol. The van der Waals surface area contributed by atoms with Crippen molar-refractivity contribution in [3.05, 3.63) is 0 Å². The Balaban J connectivity index is 4.09. The molecule has 3 N–H and O–H groups in total. The van der Waals surface area contributed by atoms with Crippen LogP contribution in [0.5, 0.6) is 0 Å². The van der Waals surface area contributed by atoms with E-state index in [2.05, 4.69) is 0 Å². The molecule has 0 saturated carbocycles. The molecule has 0 aromatic heterocycles. The second kappa shape index (κ2) is 5.19. The molecule has 13 heavy (non-hydrogen) atoms. The average Bonchev–Trinajstić information content (AvgIpc) is 2.00. The third-order valence-corrected chi connectivity index (χ3v) is 1.73. The fourth-order valence-electron chi connectivity index (χ4n) is 0.824. The Morgan fingerprint density at radius 3 is 2.08 bits per heavy atom. The third-order valence-electron chi connectivity index (χ3n) is 1.73. The quantitative estimate of drug-likeness (QED) is 0.623. The van der Waals surface area contributed by atoms with E-state index in [1.165, 1.54) is 0 Å². The van der Waals surface area contributed by atoms with Gasteiger partial charge in [-0.2, -0.15) is 0 Å². The smallest absolute Gasteiger partial charge is 0.336 e. The van der Waals surface area contributed by atoms with Crippen molar-refractivity contribution in [2.24, 2.45) is 11.7 Å². The number of hydrogen-bond acceptors (Lipinski definition) is 4. The van der Waals surface area contributed by atoms with Crippen molar-refractivity contribution in [2.75, 3.05) is 0 Å². The Bertz CT molecular complexity index is 168. The second-order valence-electron chi connectivity index (χ2n) is 3.75. The zero-order chi connectivity index (χ0) is 10.6. The summed E-state index contributed by atoms with van der Waals surface area (Å²) in [5, 5.41) is 9.41. The van der Waals surface area contributed by atoms with Crippen molar-refractivity contribution in [3.8, 4) is 0 Å². The van der Waals surface area contributed by atoms with Crippen LogP contribution in [0, 0.1) is 5.92 Å². The molecule has 0 aliphatic carbocycles. The average molecular weight is 189 g/mol.